The smallest absolute Gasteiger partial charge is 0.332 e. The van der Waals surface area contributed by atoms with Crippen molar-refractivity contribution < 1.29 is 19.4 Å². The summed E-state index contributed by atoms with van der Waals surface area (Å²) in [5.41, 5.74) is -2.77. The number of aliphatic carboxylic acids is 1. The Kier molecular flexibility index (Phi) is 3.77. The van der Waals surface area contributed by atoms with Crippen molar-refractivity contribution in [3.8, 4) is 0 Å². The molecule has 0 aromatic heterocycles. The fourth-order valence-corrected chi connectivity index (χ4v) is 3.12. The van der Waals surface area contributed by atoms with Gasteiger partial charge in [0, 0.05) is 13.0 Å². The molecule has 1 amide bonds. The molecule has 0 aromatic rings. The lowest BCUT2D eigenvalue weighted by molar-refractivity contribution is -0.168. The van der Waals surface area contributed by atoms with Crippen molar-refractivity contribution in [3.05, 3.63) is 0 Å². The molecule has 1 N–H and O–H groups in total. The second-order valence-corrected chi connectivity index (χ2v) is 6.01. The van der Waals surface area contributed by atoms with Crippen LogP contribution in [0.2, 0.25) is 0 Å². The number of ether oxygens (including phenoxy) is 1. The van der Waals surface area contributed by atoms with E-state index in [4.69, 9.17) is 4.74 Å². The molecule has 1 aliphatic heterocycles. The summed E-state index contributed by atoms with van der Waals surface area (Å²) in [5.74, 6) is -1.00. The average molecular weight is 257 g/mol. The lowest BCUT2D eigenvalue weighted by Crippen LogP contribution is -2.64. The van der Waals surface area contributed by atoms with Crippen LogP contribution in [-0.4, -0.2) is 45.7 Å². The topological polar surface area (TPSA) is 66.8 Å². The predicted octanol–water partition coefficient (Wildman–Crippen LogP) is 1.66. The summed E-state index contributed by atoms with van der Waals surface area (Å²) < 4.78 is 5.86. The fraction of sp³-hybridized carbons (Fsp3) is 0.846. The molecule has 18 heavy (non-hydrogen) atoms. The molecule has 1 rings (SSSR count). The van der Waals surface area contributed by atoms with E-state index in [1.54, 1.807) is 13.8 Å². The minimum absolute atomic E-state index is 0.293. The third kappa shape index (κ3) is 2.11. The summed E-state index contributed by atoms with van der Waals surface area (Å²) in [6.07, 6.45) is 1.63. The van der Waals surface area contributed by atoms with Crippen LogP contribution < -0.4 is 0 Å². The first-order valence-corrected chi connectivity index (χ1v) is 6.28. The molecule has 104 valence electrons. The van der Waals surface area contributed by atoms with Crippen LogP contribution in [0.5, 0.6) is 0 Å². The van der Waals surface area contributed by atoms with E-state index in [0.717, 1.165) is 0 Å². The maximum atomic E-state index is 11.8. The van der Waals surface area contributed by atoms with E-state index in [9.17, 15) is 14.7 Å². The van der Waals surface area contributed by atoms with E-state index in [1.807, 2.05) is 20.8 Å². The number of hydrogen-bond donors (Lipinski definition) is 1. The van der Waals surface area contributed by atoms with Crippen molar-refractivity contribution in [2.45, 2.75) is 64.2 Å². The lowest BCUT2D eigenvalue weighted by Gasteiger charge is -2.42. The molecular formula is C13H23NO4. The Balaban J connectivity index is 3.31. The van der Waals surface area contributed by atoms with Gasteiger partial charge in [0.05, 0.1) is 11.2 Å². The van der Waals surface area contributed by atoms with Gasteiger partial charge in [-0.2, -0.15) is 0 Å². The SMILES string of the molecule is CCCN(C=O)C1(C(=O)O)CC(C)(C)OC1(C)C. The van der Waals surface area contributed by atoms with E-state index < -0.39 is 22.7 Å². The Morgan fingerprint density at radius 2 is 1.94 bits per heavy atom. The van der Waals surface area contributed by atoms with Crippen LogP contribution in [0.4, 0.5) is 0 Å². The van der Waals surface area contributed by atoms with Gasteiger partial charge in [-0.05, 0) is 34.1 Å². The van der Waals surface area contributed by atoms with Gasteiger partial charge in [0.1, 0.15) is 0 Å². The van der Waals surface area contributed by atoms with Gasteiger partial charge in [-0.15, -0.1) is 0 Å². The first kappa shape index (κ1) is 15.0. The lowest BCUT2D eigenvalue weighted by atomic mass is 9.77. The molecule has 0 saturated carbocycles. The first-order chi connectivity index (χ1) is 8.13. The third-order valence-corrected chi connectivity index (χ3v) is 3.64. The van der Waals surface area contributed by atoms with Crippen molar-refractivity contribution in [2.75, 3.05) is 6.54 Å². The zero-order chi connectivity index (χ0) is 14.2. The number of rotatable bonds is 5. The molecule has 1 unspecified atom stereocenters. The number of carbonyl (C=O) groups excluding carboxylic acids is 1. The Morgan fingerprint density at radius 1 is 1.39 bits per heavy atom. The molecule has 0 spiro atoms. The monoisotopic (exact) mass is 257 g/mol. The van der Waals surface area contributed by atoms with E-state index in [1.165, 1.54) is 4.90 Å². The maximum absolute atomic E-state index is 11.8. The molecule has 1 saturated heterocycles. The molecule has 0 aliphatic carbocycles. The highest BCUT2D eigenvalue weighted by Crippen LogP contribution is 2.48. The zero-order valence-corrected chi connectivity index (χ0v) is 11.8. The van der Waals surface area contributed by atoms with Gasteiger partial charge < -0.3 is 14.7 Å². The van der Waals surface area contributed by atoms with Crippen molar-refractivity contribution in [1.82, 2.24) is 4.90 Å². The summed E-state index contributed by atoms with van der Waals surface area (Å²) in [7, 11) is 0. The summed E-state index contributed by atoms with van der Waals surface area (Å²) in [5, 5.41) is 9.68. The normalized spacial score (nSPS) is 28.9. The summed E-state index contributed by atoms with van der Waals surface area (Å²) >= 11 is 0. The first-order valence-electron chi connectivity index (χ1n) is 6.28. The minimum Gasteiger partial charge on any atom is -0.479 e. The molecule has 1 atom stereocenters. The van der Waals surface area contributed by atoms with E-state index in [0.29, 0.717) is 25.8 Å². The Labute approximate surface area is 108 Å². The van der Waals surface area contributed by atoms with Gasteiger partial charge in [0.15, 0.2) is 5.54 Å². The number of amides is 1. The van der Waals surface area contributed by atoms with Crippen molar-refractivity contribution in [3.63, 3.8) is 0 Å². The molecule has 5 nitrogen and oxygen atoms in total. The Bertz CT molecular complexity index is 351. The summed E-state index contributed by atoms with van der Waals surface area (Å²) in [4.78, 5) is 24.5. The largest absolute Gasteiger partial charge is 0.479 e. The number of carboxylic acid groups (broad SMARTS) is 1. The summed E-state index contributed by atoms with van der Waals surface area (Å²) in [6, 6.07) is 0. The maximum Gasteiger partial charge on any atom is 0.332 e. The predicted molar refractivity (Wildman–Crippen MR) is 67.3 cm³/mol. The van der Waals surface area contributed by atoms with Crippen LogP contribution in [-0.2, 0) is 14.3 Å². The number of carbonyl (C=O) groups is 2. The van der Waals surface area contributed by atoms with Crippen LogP contribution in [0.15, 0.2) is 0 Å². The second-order valence-electron chi connectivity index (χ2n) is 6.01. The van der Waals surface area contributed by atoms with Gasteiger partial charge in [0.25, 0.3) is 0 Å². The molecular weight excluding hydrogens is 234 g/mol. The van der Waals surface area contributed by atoms with Crippen LogP contribution in [0.3, 0.4) is 0 Å². The van der Waals surface area contributed by atoms with Crippen molar-refractivity contribution in [1.29, 1.82) is 0 Å². The molecule has 1 heterocycles. The standard InChI is InChI=1S/C13H23NO4/c1-6-7-14(9-15)13(10(16)17)8-11(2,3)18-12(13,4)5/h9H,6-8H2,1-5H3,(H,16,17). The highest BCUT2D eigenvalue weighted by molar-refractivity contribution is 5.84. The molecule has 5 heteroatoms. The Morgan fingerprint density at radius 3 is 2.22 bits per heavy atom. The highest BCUT2D eigenvalue weighted by atomic mass is 16.5. The van der Waals surface area contributed by atoms with Gasteiger partial charge in [-0.1, -0.05) is 6.92 Å². The second kappa shape index (κ2) is 4.53. The zero-order valence-electron chi connectivity index (χ0n) is 11.8. The molecule has 1 fully saturated rings. The number of carboxylic acids is 1. The van der Waals surface area contributed by atoms with Crippen molar-refractivity contribution >= 4 is 12.4 Å². The van der Waals surface area contributed by atoms with E-state index in [2.05, 4.69) is 0 Å². The van der Waals surface area contributed by atoms with E-state index in [-0.39, 0.29) is 0 Å². The van der Waals surface area contributed by atoms with Gasteiger partial charge in [0.2, 0.25) is 6.41 Å². The highest BCUT2D eigenvalue weighted by Gasteiger charge is 2.64. The number of hydrogen-bond acceptors (Lipinski definition) is 3. The number of nitrogens with zero attached hydrogens (tertiary/aromatic N) is 1. The average Bonchev–Trinajstić information content (AvgIpc) is 2.40. The molecule has 0 radical (unpaired) electrons. The molecule has 1 aliphatic rings. The van der Waals surface area contributed by atoms with Crippen LogP contribution >= 0.6 is 0 Å². The van der Waals surface area contributed by atoms with Crippen LogP contribution in [0.25, 0.3) is 0 Å². The minimum atomic E-state index is -1.30. The molecule has 0 bridgehead atoms. The van der Waals surface area contributed by atoms with Gasteiger partial charge in [-0.25, -0.2) is 4.79 Å². The molecule has 0 aromatic carbocycles. The fourth-order valence-electron chi connectivity index (χ4n) is 3.12. The Hall–Kier alpha value is -1.10. The van der Waals surface area contributed by atoms with Crippen LogP contribution in [0.1, 0.15) is 47.5 Å². The van der Waals surface area contributed by atoms with Crippen molar-refractivity contribution in [2.24, 2.45) is 0 Å². The quantitative estimate of drug-likeness (QED) is 0.761. The third-order valence-electron chi connectivity index (χ3n) is 3.64. The van der Waals surface area contributed by atoms with Gasteiger partial charge in [-0.3, -0.25) is 4.79 Å². The van der Waals surface area contributed by atoms with E-state index >= 15 is 0 Å². The summed E-state index contributed by atoms with van der Waals surface area (Å²) in [6.45, 7) is 9.52. The van der Waals surface area contributed by atoms with Gasteiger partial charge >= 0.3 is 5.97 Å². The van der Waals surface area contributed by atoms with Crippen LogP contribution in [0, 0.1) is 0 Å².